The van der Waals surface area contributed by atoms with Crippen LogP contribution < -0.4 is 5.32 Å². The SMILES string of the molecule is Cn1nnc(CNc2cc(F)cc(Cl)c2)n1. The van der Waals surface area contributed by atoms with Crippen molar-refractivity contribution in [2.75, 3.05) is 5.32 Å². The Morgan fingerprint density at radius 2 is 2.25 bits per heavy atom. The van der Waals surface area contributed by atoms with Gasteiger partial charge in [-0.2, -0.15) is 4.80 Å². The lowest BCUT2D eigenvalue weighted by molar-refractivity contribution is 0.627. The third-order valence-electron chi connectivity index (χ3n) is 1.86. The summed E-state index contributed by atoms with van der Waals surface area (Å²) in [5, 5.41) is 14.7. The van der Waals surface area contributed by atoms with E-state index < -0.39 is 0 Å². The van der Waals surface area contributed by atoms with E-state index in [9.17, 15) is 4.39 Å². The molecule has 5 nitrogen and oxygen atoms in total. The molecule has 0 radical (unpaired) electrons. The first-order valence-electron chi connectivity index (χ1n) is 4.56. The Bertz CT molecular complexity index is 478. The summed E-state index contributed by atoms with van der Waals surface area (Å²) in [6.45, 7) is 0.369. The molecule has 0 spiro atoms. The monoisotopic (exact) mass is 241 g/mol. The van der Waals surface area contributed by atoms with Crippen LogP contribution in [0.2, 0.25) is 5.02 Å². The predicted molar refractivity (Wildman–Crippen MR) is 57.5 cm³/mol. The number of hydrogen-bond donors (Lipinski definition) is 1. The van der Waals surface area contributed by atoms with E-state index in [1.54, 1.807) is 13.1 Å². The number of nitrogens with one attached hydrogen (secondary N) is 1. The smallest absolute Gasteiger partial charge is 0.193 e. The summed E-state index contributed by atoms with van der Waals surface area (Å²) in [4.78, 5) is 1.36. The normalized spacial score (nSPS) is 10.4. The molecule has 84 valence electrons. The molecule has 0 fully saturated rings. The minimum absolute atomic E-state index is 0.342. The van der Waals surface area contributed by atoms with Gasteiger partial charge in [-0.1, -0.05) is 11.6 Å². The number of hydrogen-bond acceptors (Lipinski definition) is 4. The maximum atomic E-state index is 13.0. The van der Waals surface area contributed by atoms with Crippen LogP contribution in [0.15, 0.2) is 18.2 Å². The molecule has 0 unspecified atom stereocenters. The lowest BCUT2D eigenvalue weighted by atomic mass is 10.3. The minimum atomic E-state index is -0.387. The fourth-order valence-corrected chi connectivity index (χ4v) is 1.45. The van der Waals surface area contributed by atoms with Gasteiger partial charge in [0.25, 0.3) is 0 Å². The summed E-state index contributed by atoms with van der Waals surface area (Å²) in [5.41, 5.74) is 0.581. The minimum Gasteiger partial charge on any atom is -0.377 e. The van der Waals surface area contributed by atoms with Gasteiger partial charge in [-0.15, -0.1) is 10.2 Å². The number of nitrogens with zero attached hydrogens (tertiary/aromatic N) is 4. The molecule has 1 N–H and O–H groups in total. The molecule has 0 amide bonds. The fraction of sp³-hybridized carbons (Fsp3) is 0.222. The maximum Gasteiger partial charge on any atom is 0.193 e. The number of benzene rings is 1. The van der Waals surface area contributed by atoms with Crippen LogP contribution in [-0.4, -0.2) is 20.2 Å². The van der Waals surface area contributed by atoms with E-state index in [-0.39, 0.29) is 5.82 Å². The quantitative estimate of drug-likeness (QED) is 0.887. The number of aromatic nitrogens is 4. The van der Waals surface area contributed by atoms with Crippen LogP contribution in [0.1, 0.15) is 5.82 Å². The van der Waals surface area contributed by atoms with Crippen molar-refractivity contribution in [3.8, 4) is 0 Å². The summed E-state index contributed by atoms with van der Waals surface area (Å²) < 4.78 is 13.0. The second-order valence-corrected chi connectivity index (χ2v) is 3.64. The Hall–Kier alpha value is -1.69. The largest absolute Gasteiger partial charge is 0.377 e. The highest BCUT2D eigenvalue weighted by atomic mass is 35.5. The first-order valence-corrected chi connectivity index (χ1v) is 4.94. The average molecular weight is 242 g/mol. The Morgan fingerprint density at radius 3 is 2.88 bits per heavy atom. The molecular weight excluding hydrogens is 233 g/mol. The molecule has 0 aliphatic rings. The highest BCUT2D eigenvalue weighted by Crippen LogP contribution is 2.18. The summed E-state index contributed by atoms with van der Waals surface area (Å²) in [6.07, 6.45) is 0. The second-order valence-electron chi connectivity index (χ2n) is 3.21. The molecule has 2 aromatic rings. The number of tetrazole rings is 1. The fourth-order valence-electron chi connectivity index (χ4n) is 1.23. The third-order valence-corrected chi connectivity index (χ3v) is 2.08. The Kier molecular flexibility index (Phi) is 3.00. The third kappa shape index (κ3) is 2.66. The van der Waals surface area contributed by atoms with Crippen LogP contribution in [0.3, 0.4) is 0 Å². The number of aryl methyl sites for hydroxylation is 1. The van der Waals surface area contributed by atoms with Gasteiger partial charge in [0.1, 0.15) is 5.82 Å². The van der Waals surface area contributed by atoms with Crippen LogP contribution >= 0.6 is 11.6 Å². The van der Waals surface area contributed by atoms with Gasteiger partial charge in [-0.05, 0) is 23.4 Å². The molecule has 7 heteroatoms. The van der Waals surface area contributed by atoms with Gasteiger partial charge in [0.2, 0.25) is 0 Å². The molecule has 1 aromatic heterocycles. The van der Waals surface area contributed by atoms with Crippen molar-refractivity contribution in [2.24, 2.45) is 7.05 Å². The van der Waals surface area contributed by atoms with Crippen molar-refractivity contribution < 1.29 is 4.39 Å². The average Bonchev–Trinajstić information content (AvgIpc) is 2.60. The van der Waals surface area contributed by atoms with Gasteiger partial charge in [-0.3, -0.25) is 0 Å². The first-order chi connectivity index (χ1) is 7.63. The summed E-state index contributed by atoms with van der Waals surface area (Å²) in [6, 6.07) is 4.22. The van der Waals surface area contributed by atoms with Gasteiger partial charge in [0, 0.05) is 10.7 Å². The van der Waals surface area contributed by atoms with Crippen molar-refractivity contribution in [3.05, 3.63) is 34.9 Å². The molecule has 0 saturated carbocycles. The van der Waals surface area contributed by atoms with E-state index in [4.69, 9.17) is 11.6 Å². The van der Waals surface area contributed by atoms with Crippen LogP contribution in [-0.2, 0) is 13.6 Å². The molecule has 0 atom stereocenters. The number of anilines is 1. The predicted octanol–water partition coefficient (Wildman–Crippen LogP) is 1.61. The van der Waals surface area contributed by atoms with E-state index in [0.717, 1.165) is 0 Å². The number of rotatable bonds is 3. The second kappa shape index (κ2) is 4.44. The van der Waals surface area contributed by atoms with Gasteiger partial charge in [0.15, 0.2) is 5.82 Å². The van der Waals surface area contributed by atoms with Gasteiger partial charge in [-0.25, -0.2) is 4.39 Å². The summed E-state index contributed by atoms with van der Waals surface area (Å²) >= 11 is 5.71. The van der Waals surface area contributed by atoms with Crippen LogP contribution in [0.25, 0.3) is 0 Å². The highest BCUT2D eigenvalue weighted by molar-refractivity contribution is 6.30. The van der Waals surface area contributed by atoms with Crippen LogP contribution in [0.5, 0.6) is 0 Å². The molecule has 16 heavy (non-hydrogen) atoms. The van der Waals surface area contributed by atoms with E-state index in [1.807, 2.05) is 0 Å². The topological polar surface area (TPSA) is 55.6 Å². The van der Waals surface area contributed by atoms with E-state index in [0.29, 0.717) is 23.1 Å². The lowest BCUT2D eigenvalue weighted by Crippen LogP contribution is -2.02. The van der Waals surface area contributed by atoms with Crippen LogP contribution in [0.4, 0.5) is 10.1 Å². The molecule has 0 aliphatic carbocycles. The van der Waals surface area contributed by atoms with E-state index >= 15 is 0 Å². The molecule has 0 bridgehead atoms. The first kappa shape index (κ1) is 10.8. The zero-order valence-electron chi connectivity index (χ0n) is 8.48. The van der Waals surface area contributed by atoms with Crippen molar-refractivity contribution in [3.63, 3.8) is 0 Å². The standard InChI is InChI=1S/C9H9ClFN5/c1-16-14-9(13-15-16)5-12-8-3-6(10)2-7(11)4-8/h2-4,12H,5H2,1H3. The van der Waals surface area contributed by atoms with Crippen molar-refractivity contribution in [2.45, 2.75) is 6.54 Å². The number of halogens is 2. The van der Waals surface area contributed by atoms with Gasteiger partial charge in [0.05, 0.1) is 13.6 Å². The Labute approximate surface area is 96.2 Å². The maximum absolute atomic E-state index is 13.0. The molecular formula is C9H9ClFN5. The molecule has 1 heterocycles. The Morgan fingerprint density at radius 1 is 1.44 bits per heavy atom. The van der Waals surface area contributed by atoms with Crippen LogP contribution in [0, 0.1) is 5.82 Å². The molecule has 0 saturated heterocycles. The summed E-state index contributed by atoms with van der Waals surface area (Å²) in [7, 11) is 1.68. The zero-order valence-corrected chi connectivity index (χ0v) is 9.24. The Balaban J connectivity index is 2.04. The molecule has 1 aromatic carbocycles. The van der Waals surface area contributed by atoms with E-state index in [1.165, 1.54) is 16.9 Å². The highest BCUT2D eigenvalue weighted by Gasteiger charge is 2.02. The lowest BCUT2D eigenvalue weighted by Gasteiger charge is -2.03. The van der Waals surface area contributed by atoms with E-state index in [2.05, 4.69) is 20.7 Å². The molecule has 0 aliphatic heterocycles. The van der Waals surface area contributed by atoms with Crippen molar-refractivity contribution in [1.82, 2.24) is 20.2 Å². The van der Waals surface area contributed by atoms with Gasteiger partial charge < -0.3 is 5.32 Å². The summed E-state index contributed by atoms with van der Waals surface area (Å²) in [5.74, 6) is 0.144. The van der Waals surface area contributed by atoms with Crippen molar-refractivity contribution >= 4 is 17.3 Å². The zero-order chi connectivity index (χ0) is 11.5. The van der Waals surface area contributed by atoms with Crippen molar-refractivity contribution in [1.29, 1.82) is 0 Å². The van der Waals surface area contributed by atoms with Gasteiger partial charge >= 0.3 is 0 Å². The molecule has 2 rings (SSSR count).